The molecule has 6 heteroatoms. The fourth-order valence-electron chi connectivity index (χ4n) is 2.19. The van der Waals surface area contributed by atoms with E-state index >= 15 is 0 Å². The molecule has 20 heavy (non-hydrogen) atoms. The Kier molecular flexibility index (Phi) is 5.92. The third kappa shape index (κ3) is 2.95. The summed E-state index contributed by atoms with van der Waals surface area (Å²) in [6.07, 6.45) is 1.73. The fraction of sp³-hybridized carbons (Fsp3) is 0.357. The molecule has 1 N–H and O–H groups in total. The number of fused-ring (bicyclic) bond motifs is 1. The van der Waals surface area contributed by atoms with E-state index in [-0.39, 0.29) is 47.1 Å². The molecule has 0 radical (unpaired) electrons. The van der Waals surface area contributed by atoms with Crippen molar-refractivity contribution in [3.63, 3.8) is 0 Å². The van der Waals surface area contributed by atoms with Gasteiger partial charge < -0.3 is 5.11 Å². The minimum atomic E-state index is -1.15. The smallest absolute Gasteiger partial charge is 0.480 e. The molecule has 5 nitrogen and oxygen atoms in total. The number of carboxylic acids is 1. The van der Waals surface area contributed by atoms with E-state index in [1.54, 1.807) is 0 Å². The molecule has 2 amide bonds. The summed E-state index contributed by atoms with van der Waals surface area (Å²) >= 11 is 0. The Bertz CT molecular complexity index is 509. The zero-order chi connectivity index (χ0) is 14.0. The van der Waals surface area contributed by atoms with Crippen LogP contribution in [0.1, 0.15) is 46.9 Å². The molecule has 1 aliphatic heterocycles. The first-order valence-corrected chi connectivity index (χ1v) is 6.18. The average molecular weight is 283 g/mol. The maximum Gasteiger partial charge on any atom is 1.00 e. The van der Waals surface area contributed by atoms with E-state index in [1.165, 1.54) is 18.2 Å². The summed E-state index contributed by atoms with van der Waals surface area (Å²) in [5.74, 6) is -2.22. The quantitative estimate of drug-likeness (QED) is 0.415. The zero-order valence-electron chi connectivity index (χ0n) is 11.5. The third-order valence-corrected chi connectivity index (χ3v) is 3.19. The van der Waals surface area contributed by atoms with E-state index in [1.807, 2.05) is 6.92 Å². The van der Waals surface area contributed by atoms with Crippen molar-refractivity contribution < 1.29 is 49.0 Å². The molecule has 1 aromatic carbocycles. The summed E-state index contributed by atoms with van der Waals surface area (Å²) in [6.45, 7) is 1.93. The minimum Gasteiger partial charge on any atom is -0.480 e. The number of carboxylic acid groups (broad SMARTS) is 1. The van der Waals surface area contributed by atoms with Crippen LogP contribution < -0.4 is 29.6 Å². The molecule has 0 spiro atoms. The van der Waals surface area contributed by atoms with Crippen LogP contribution in [0.15, 0.2) is 18.2 Å². The van der Waals surface area contributed by atoms with Crippen molar-refractivity contribution in [2.75, 3.05) is 0 Å². The van der Waals surface area contributed by atoms with E-state index in [0.717, 1.165) is 11.3 Å². The van der Waals surface area contributed by atoms with E-state index in [9.17, 15) is 19.5 Å². The van der Waals surface area contributed by atoms with Gasteiger partial charge in [-0.3, -0.25) is 14.5 Å². The fourth-order valence-corrected chi connectivity index (χ4v) is 2.19. The zero-order valence-corrected chi connectivity index (χ0v) is 13.5. The first-order chi connectivity index (χ1) is 9.07. The Morgan fingerprint density at radius 2 is 2.00 bits per heavy atom. The van der Waals surface area contributed by atoms with Gasteiger partial charge in [0.25, 0.3) is 0 Å². The van der Waals surface area contributed by atoms with Crippen LogP contribution in [0, 0.1) is 6.07 Å². The van der Waals surface area contributed by atoms with Gasteiger partial charge in [-0.2, -0.15) is 24.3 Å². The Morgan fingerprint density at radius 3 is 2.55 bits per heavy atom. The molecule has 1 aliphatic rings. The van der Waals surface area contributed by atoms with Crippen LogP contribution in [0.4, 0.5) is 0 Å². The number of benzene rings is 1. The van der Waals surface area contributed by atoms with Crippen molar-refractivity contribution in [3.05, 3.63) is 35.4 Å². The number of carbonyl (C=O) groups is 3. The molecule has 1 heterocycles. The number of amides is 2. The Morgan fingerprint density at radius 1 is 1.35 bits per heavy atom. The van der Waals surface area contributed by atoms with Crippen molar-refractivity contribution in [3.8, 4) is 0 Å². The average Bonchev–Trinajstić information content (AvgIpc) is 2.64. The number of aliphatic carboxylic acids is 1. The van der Waals surface area contributed by atoms with Crippen molar-refractivity contribution in [2.45, 2.75) is 32.2 Å². The standard InChI is InChI=1S/C14H14NO4.Na/c1-2-3-8-11(14(18)19)15-12(16)9-6-4-5-7-10(9)13(15)17;/h4,6-7,11H,2-3,8H2,1H3,(H,18,19);/q-1;+1. The SMILES string of the molecule is CCCCC(C(=O)O)N1C(=O)c2c[c-]ccc2C1=O.[Na+]. The van der Waals surface area contributed by atoms with Gasteiger partial charge in [-0.15, -0.1) is 0 Å². The van der Waals surface area contributed by atoms with Gasteiger partial charge >= 0.3 is 35.5 Å². The molecule has 0 aromatic heterocycles. The number of nitrogens with zero attached hydrogens (tertiary/aromatic N) is 1. The van der Waals surface area contributed by atoms with Crippen LogP contribution in [0.5, 0.6) is 0 Å². The van der Waals surface area contributed by atoms with E-state index in [0.29, 0.717) is 6.42 Å². The number of carbonyl (C=O) groups excluding carboxylic acids is 2. The van der Waals surface area contributed by atoms with Gasteiger partial charge in [-0.05, 0) is 6.42 Å². The molecule has 0 saturated carbocycles. The maximum atomic E-state index is 12.1. The molecular weight excluding hydrogens is 269 g/mol. The number of rotatable bonds is 5. The third-order valence-electron chi connectivity index (χ3n) is 3.19. The van der Waals surface area contributed by atoms with Crippen molar-refractivity contribution in [1.82, 2.24) is 4.90 Å². The van der Waals surface area contributed by atoms with Gasteiger partial charge in [0.1, 0.15) is 6.04 Å². The van der Waals surface area contributed by atoms with Crippen LogP contribution >= 0.6 is 0 Å². The Labute approximate surface area is 139 Å². The van der Waals surface area contributed by atoms with Crippen LogP contribution in [0.25, 0.3) is 0 Å². The summed E-state index contributed by atoms with van der Waals surface area (Å²) in [6, 6.07) is 6.09. The number of imide groups is 1. The molecule has 2 rings (SSSR count). The first-order valence-electron chi connectivity index (χ1n) is 6.18. The van der Waals surface area contributed by atoms with E-state index in [2.05, 4.69) is 6.07 Å². The monoisotopic (exact) mass is 283 g/mol. The molecule has 100 valence electrons. The van der Waals surface area contributed by atoms with Crippen molar-refractivity contribution in [2.24, 2.45) is 0 Å². The molecule has 1 unspecified atom stereocenters. The largest absolute Gasteiger partial charge is 1.00 e. The summed E-state index contributed by atoms with van der Waals surface area (Å²) in [5.41, 5.74) is 0.488. The van der Waals surface area contributed by atoms with Gasteiger partial charge in [0.2, 0.25) is 11.8 Å². The topological polar surface area (TPSA) is 74.7 Å². The van der Waals surface area contributed by atoms with Crippen molar-refractivity contribution >= 4 is 17.8 Å². The summed E-state index contributed by atoms with van der Waals surface area (Å²) in [5, 5.41) is 9.22. The van der Waals surface area contributed by atoms with E-state index < -0.39 is 23.8 Å². The number of hydrogen-bond acceptors (Lipinski definition) is 3. The molecule has 1 atom stereocenters. The normalized spacial score (nSPS) is 14.8. The van der Waals surface area contributed by atoms with E-state index in [4.69, 9.17) is 0 Å². The summed E-state index contributed by atoms with van der Waals surface area (Å²) < 4.78 is 0. The number of hydrogen-bond donors (Lipinski definition) is 1. The second kappa shape index (κ2) is 7.02. The van der Waals surface area contributed by atoms with Gasteiger partial charge in [-0.25, -0.2) is 4.79 Å². The van der Waals surface area contributed by atoms with Crippen LogP contribution in [-0.4, -0.2) is 33.8 Å². The maximum absolute atomic E-state index is 12.1. The predicted octanol–water partition coefficient (Wildman–Crippen LogP) is -1.27. The molecular formula is C14H14NNaO4. The van der Waals surface area contributed by atoms with Crippen LogP contribution in [0.2, 0.25) is 0 Å². The second-order valence-electron chi connectivity index (χ2n) is 4.45. The molecule has 0 aliphatic carbocycles. The minimum absolute atomic E-state index is 0. The molecule has 0 bridgehead atoms. The summed E-state index contributed by atoms with van der Waals surface area (Å²) in [4.78, 5) is 36.4. The van der Waals surface area contributed by atoms with Gasteiger partial charge in [0.05, 0.1) is 0 Å². The van der Waals surface area contributed by atoms with Crippen molar-refractivity contribution in [1.29, 1.82) is 0 Å². The molecule has 0 saturated heterocycles. The van der Waals surface area contributed by atoms with Crippen LogP contribution in [0.3, 0.4) is 0 Å². The summed E-state index contributed by atoms with van der Waals surface area (Å²) in [7, 11) is 0. The number of unbranched alkanes of at least 4 members (excludes halogenated alkanes) is 1. The predicted molar refractivity (Wildman–Crippen MR) is 66.7 cm³/mol. The van der Waals surface area contributed by atoms with Gasteiger partial charge in [0.15, 0.2) is 0 Å². The van der Waals surface area contributed by atoms with Gasteiger partial charge in [-0.1, -0.05) is 30.9 Å². The second-order valence-corrected chi connectivity index (χ2v) is 4.45. The van der Waals surface area contributed by atoms with Crippen LogP contribution in [-0.2, 0) is 4.79 Å². The first kappa shape index (κ1) is 16.9. The Balaban J connectivity index is 0.00000200. The van der Waals surface area contributed by atoms with Gasteiger partial charge in [0, 0.05) is 0 Å². The molecule has 1 aromatic rings. The Hall–Kier alpha value is -1.17. The molecule has 0 fully saturated rings.